The molecule has 2 rings (SSSR count). The summed E-state index contributed by atoms with van der Waals surface area (Å²) in [6, 6.07) is 0. The van der Waals surface area contributed by atoms with Crippen LogP contribution in [0.15, 0.2) is 0 Å². The minimum absolute atomic E-state index is 0. The van der Waals surface area contributed by atoms with Crippen LogP contribution in [-0.4, -0.2) is 31.4 Å². The molecule has 27 heavy (non-hydrogen) atoms. The molecule has 0 saturated heterocycles. The van der Waals surface area contributed by atoms with Crippen LogP contribution in [0.2, 0.25) is 6.55 Å². The van der Waals surface area contributed by atoms with Crippen LogP contribution in [0.1, 0.15) is 0 Å². The quantitative estimate of drug-likeness (QED) is 0.242. The fourth-order valence-electron chi connectivity index (χ4n) is 2.17. The zero-order chi connectivity index (χ0) is 19.4. The molecule has 0 spiro atoms. The summed E-state index contributed by atoms with van der Waals surface area (Å²) in [4.78, 5) is 12.5. The van der Waals surface area contributed by atoms with Crippen molar-refractivity contribution in [2.24, 2.45) is 0 Å². The fraction of sp³-hybridized carbons (Fsp3) is 0.0769. The van der Waals surface area contributed by atoms with Crippen LogP contribution in [0.5, 0.6) is 0 Å². The van der Waals surface area contributed by atoms with Crippen molar-refractivity contribution in [1.29, 1.82) is 0 Å². The third-order valence-corrected chi connectivity index (χ3v) is 6.16. The van der Waals surface area contributed by atoms with Gasteiger partial charge in [-0.15, -0.1) is 0 Å². The van der Waals surface area contributed by atoms with Gasteiger partial charge in [0.15, 0.2) is 46.5 Å². The molecule has 0 aromatic heterocycles. The molecule has 0 aliphatic rings. The zero-order valence-electron chi connectivity index (χ0n) is 12.8. The second-order valence-electron chi connectivity index (χ2n) is 4.92. The van der Waals surface area contributed by atoms with Gasteiger partial charge in [0.25, 0.3) is 0 Å². The number of rotatable bonds is 2. The second-order valence-corrected chi connectivity index (χ2v) is 7.99. The Labute approximate surface area is 167 Å². The van der Waals surface area contributed by atoms with Gasteiger partial charge in [-0.2, -0.15) is 0 Å². The van der Waals surface area contributed by atoms with Crippen LogP contribution in [-0.2, 0) is 0 Å². The van der Waals surface area contributed by atoms with Crippen molar-refractivity contribution in [2.45, 2.75) is 6.55 Å². The Kier molecular flexibility index (Phi) is 8.22. The van der Waals surface area contributed by atoms with Gasteiger partial charge in [-0.25, -0.2) is 43.9 Å². The maximum atomic E-state index is 13.7. The van der Waals surface area contributed by atoms with Gasteiger partial charge in [0.1, 0.15) is 0 Å². The summed E-state index contributed by atoms with van der Waals surface area (Å²) >= 11 is 0. The molecule has 2 aromatic carbocycles. The molecule has 14 heteroatoms. The van der Waals surface area contributed by atoms with Crippen LogP contribution in [0, 0.1) is 58.2 Å². The summed E-state index contributed by atoms with van der Waals surface area (Å²) in [5.74, 6) is -26.5. The van der Waals surface area contributed by atoms with Gasteiger partial charge in [0.2, 0.25) is 11.6 Å². The Morgan fingerprint density at radius 1 is 0.481 bits per heavy atom. The van der Waals surface area contributed by atoms with E-state index in [2.05, 4.69) is 0 Å². The molecule has 0 aliphatic carbocycles. The van der Waals surface area contributed by atoms with E-state index in [-0.39, 0.29) is 42.0 Å². The van der Waals surface area contributed by atoms with Gasteiger partial charge < -0.3 is 17.2 Å². The summed E-state index contributed by atoms with van der Waals surface area (Å²) in [6.07, 6.45) is 0. The molecule has 0 bridgehead atoms. The van der Waals surface area contributed by atoms with Gasteiger partial charge in [-0.3, -0.25) is 0 Å². The average Bonchev–Trinajstić information content (AvgIpc) is 2.54. The van der Waals surface area contributed by atoms with Gasteiger partial charge >= 0.3 is 23.1 Å². The number of hydrogen-bond acceptors (Lipinski definition) is 1. The minimum atomic E-state index is -5.85. The van der Waals surface area contributed by atoms with Crippen molar-refractivity contribution in [1.82, 2.24) is 0 Å². The molecule has 0 N–H and O–H groups in total. The zero-order valence-corrected chi connectivity index (χ0v) is 15.9. The van der Waals surface area contributed by atoms with Gasteiger partial charge in [0.05, 0.1) is 0 Å². The molecule has 2 aromatic rings. The Morgan fingerprint density at radius 3 is 0.815 bits per heavy atom. The van der Waals surface area contributed by atoms with Crippen molar-refractivity contribution in [3.05, 3.63) is 58.2 Å². The second kappa shape index (κ2) is 8.55. The first kappa shape index (κ1) is 26.0. The third-order valence-electron chi connectivity index (χ3n) is 3.37. The first-order valence-electron chi connectivity index (χ1n) is 6.09. The maximum absolute atomic E-state index is 13.7. The summed E-state index contributed by atoms with van der Waals surface area (Å²) < 4.78 is 134. The largest absolute Gasteiger partial charge is 2.00 e. The van der Waals surface area contributed by atoms with E-state index in [1.165, 1.54) is 0 Å². The van der Waals surface area contributed by atoms with E-state index in [9.17, 15) is 48.7 Å². The Hall–Kier alpha value is -1.03. The third kappa shape index (κ3) is 3.79. The van der Waals surface area contributed by atoms with Gasteiger partial charge in [-0.05, 0) is 0 Å². The van der Waals surface area contributed by atoms with Crippen molar-refractivity contribution in [2.75, 3.05) is 0 Å². The van der Waals surface area contributed by atoms with E-state index in [1.54, 1.807) is 0 Å². The molecule has 0 radical (unpaired) electrons. The van der Waals surface area contributed by atoms with E-state index in [4.69, 9.17) is 0 Å². The van der Waals surface area contributed by atoms with Crippen LogP contribution >= 0.6 is 0 Å². The molecular formula is C13H3ClF10MgOSi. The average molecular weight is 453 g/mol. The Bertz CT molecular complexity index is 778. The number of hydrogen-bond donors (Lipinski definition) is 0. The maximum Gasteiger partial charge on any atom is 2.00 e. The summed E-state index contributed by atoms with van der Waals surface area (Å²) in [5, 5.41) is -4.32. The van der Waals surface area contributed by atoms with E-state index in [0.717, 1.165) is 0 Å². The van der Waals surface area contributed by atoms with Crippen molar-refractivity contribution in [3.8, 4) is 0 Å². The fourth-order valence-corrected chi connectivity index (χ4v) is 4.54. The predicted octanol–water partition coefficient (Wildman–Crippen LogP) is -1.25. The monoisotopic (exact) mass is 452 g/mol. The SMILES string of the molecule is C[Si]([O-])(c1c(F)c(F)c(F)c(F)c1F)c1c(F)c(F)c(F)c(F)c1F.[Cl-].[Mg+2]. The molecule has 0 aliphatic heterocycles. The van der Waals surface area contributed by atoms with Crippen LogP contribution in [0.3, 0.4) is 0 Å². The molecule has 0 unspecified atom stereocenters. The summed E-state index contributed by atoms with van der Waals surface area (Å²) in [7, 11) is -5.85. The van der Waals surface area contributed by atoms with Crippen LogP contribution in [0.25, 0.3) is 0 Å². The Balaban J connectivity index is 0.00000338. The first-order valence-corrected chi connectivity index (χ1v) is 8.50. The predicted molar refractivity (Wildman–Crippen MR) is 69.1 cm³/mol. The topological polar surface area (TPSA) is 23.1 Å². The molecular weight excluding hydrogens is 450 g/mol. The molecule has 0 heterocycles. The van der Waals surface area contributed by atoms with Crippen molar-refractivity contribution < 1.29 is 61.1 Å². The van der Waals surface area contributed by atoms with Crippen LogP contribution in [0.4, 0.5) is 43.9 Å². The van der Waals surface area contributed by atoms with Crippen molar-refractivity contribution >= 4 is 41.7 Å². The summed E-state index contributed by atoms with van der Waals surface area (Å²) in [6.45, 7) is 0.129. The minimum Gasteiger partial charge on any atom is -1.00 e. The molecule has 0 saturated carbocycles. The molecule has 0 atom stereocenters. The molecule has 144 valence electrons. The number of benzene rings is 2. The Morgan fingerprint density at radius 2 is 0.630 bits per heavy atom. The van der Waals surface area contributed by atoms with Gasteiger partial charge in [0, 0.05) is 18.7 Å². The van der Waals surface area contributed by atoms with E-state index < -0.39 is 76.9 Å². The normalized spacial score (nSPS) is 11.1. The van der Waals surface area contributed by atoms with E-state index in [1.807, 2.05) is 0 Å². The summed E-state index contributed by atoms with van der Waals surface area (Å²) in [5.41, 5.74) is 0. The van der Waals surface area contributed by atoms with E-state index >= 15 is 0 Å². The number of halogens is 11. The van der Waals surface area contributed by atoms with Crippen molar-refractivity contribution in [3.63, 3.8) is 0 Å². The van der Waals surface area contributed by atoms with Gasteiger partial charge in [-0.1, -0.05) is 6.55 Å². The first-order chi connectivity index (χ1) is 11.4. The molecule has 1 nitrogen and oxygen atoms in total. The molecule has 0 amide bonds. The van der Waals surface area contributed by atoms with E-state index in [0.29, 0.717) is 0 Å². The van der Waals surface area contributed by atoms with Crippen LogP contribution < -0.4 is 27.6 Å². The standard InChI is InChI=1S/C13H3F10OSi.ClH.Mg/c1-25(24,12-8(20)4(16)2(14)5(17)9(12)21)13-10(22)6(18)3(15)7(19)11(13)23;;/h1H3;1H;/q-1;;+2/p-1. The smallest absolute Gasteiger partial charge is 1.00 e. The molecule has 0 fully saturated rings.